The fourth-order valence-corrected chi connectivity index (χ4v) is 2.84. The Hall–Kier alpha value is -2.40. The third kappa shape index (κ3) is 3.68. The number of benzene rings is 3. The molecule has 1 N–H and O–H groups in total. The van der Waals surface area contributed by atoms with E-state index in [1.54, 1.807) is 6.07 Å². The number of carbonyl (C=O) groups excluding carboxylic acids is 1. The van der Waals surface area contributed by atoms with Crippen LogP contribution in [0.3, 0.4) is 0 Å². The largest absolute Gasteiger partial charge is 0.483 e. The number of halogens is 2. The van der Waals surface area contributed by atoms with Gasteiger partial charge in [0.05, 0.1) is 4.47 Å². The Balaban J connectivity index is 1.68. The molecule has 3 nitrogen and oxygen atoms in total. The Morgan fingerprint density at radius 3 is 2.74 bits per heavy atom. The second kappa shape index (κ2) is 6.79. The summed E-state index contributed by atoms with van der Waals surface area (Å²) in [5, 5.41) is 4.68. The summed E-state index contributed by atoms with van der Waals surface area (Å²) in [5.74, 6) is -0.172. The molecule has 23 heavy (non-hydrogen) atoms. The molecule has 3 aromatic carbocycles. The van der Waals surface area contributed by atoms with Crippen molar-refractivity contribution in [3.63, 3.8) is 0 Å². The van der Waals surface area contributed by atoms with Crippen molar-refractivity contribution in [2.45, 2.75) is 0 Å². The molecule has 3 rings (SSSR count). The standard InChI is InChI=1S/C18H13BrFNO2/c19-18-15-7-2-1-4-12(15)8-9-16(18)23-11-17(22)21-14-6-3-5-13(20)10-14/h1-10H,11H2,(H,21,22). The van der Waals surface area contributed by atoms with Gasteiger partial charge in [-0.15, -0.1) is 0 Å². The highest BCUT2D eigenvalue weighted by molar-refractivity contribution is 9.10. The van der Waals surface area contributed by atoms with Crippen LogP contribution in [0.1, 0.15) is 0 Å². The van der Waals surface area contributed by atoms with Gasteiger partial charge in [0, 0.05) is 5.69 Å². The number of amides is 1. The maximum Gasteiger partial charge on any atom is 0.262 e. The topological polar surface area (TPSA) is 38.3 Å². The van der Waals surface area contributed by atoms with Crippen LogP contribution in [0.2, 0.25) is 0 Å². The van der Waals surface area contributed by atoms with Crippen molar-refractivity contribution in [3.8, 4) is 5.75 Å². The van der Waals surface area contributed by atoms with Gasteiger partial charge in [0.1, 0.15) is 11.6 Å². The summed E-state index contributed by atoms with van der Waals surface area (Å²) in [6.07, 6.45) is 0. The van der Waals surface area contributed by atoms with E-state index >= 15 is 0 Å². The van der Waals surface area contributed by atoms with E-state index in [2.05, 4.69) is 21.2 Å². The van der Waals surface area contributed by atoms with Crippen LogP contribution in [0.5, 0.6) is 5.75 Å². The molecule has 0 aliphatic carbocycles. The second-order valence-electron chi connectivity index (χ2n) is 4.95. The van der Waals surface area contributed by atoms with Crippen molar-refractivity contribution in [1.29, 1.82) is 0 Å². The molecule has 0 heterocycles. The van der Waals surface area contributed by atoms with E-state index in [4.69, 9.17) is 4.74 Å². The highest BCUT2D eigenvalue weighted by atomic mass is 79.9. The van der Waals surface area contributed by atoms with Gasteiger partial charge < -0.3 is 10.1 Å². The molecule has 0 atom stereocenters. The number of rotatable bonds is 4. The summed E-state index contributed by atoms with van der Waals surface area (Å²) < 4.78 is 19.4. The molecule has 3 aromatic rings. The summed E-state index contributed by atoms with van der Waals surface area (Å²) >= 11 is 3.50. The first-order chi connectivity index (χ1) is 11.1. The lowest BCUT2D eigenvalue weighted by molar-refractivity contribution is -0.118. The van der Waals surface area contributed by atoms with E-state index < -0.39 is 5.82 Å². The Bertz CT molecular complexity index is 867. The highest BCUT2D eigenvalue weighted by Crippen LogP contribution is 2.32. The van der Waals surface area contributed by atoms with E-state index in [9.17, 15) is 9.18 Å². The second-order valence-corrected chi connectivity index (χ2v) is 5.74. The zero-order valence-electron chi connectivity index (χ0n) is 12.1. The van der Waals surface area contributed by atoms with Gasteiger partial charge in [0.25, 0.3) is 5.91 Å². The number of nitrogens with one attached hydrogen (secondary N) is 1. The van der Waals surface area contributed by atoms with Crippen molar-refractivity contribution in [1.82, 2.24) is 0 Å². The van der Waals surface area contributed by atoms with E-state index in [0.29, 0.717) is 11.4 Å². The van der Waals surface area contributed by atoms with Gasteiger partial charge in [-0.3, -0.25) is 4.79 Å². The van der Waals surface area contributed by atoms with Crippen molar-refractivity contribution < 1.29 is 13.9 Å². The molecule has 0 bridgehead atoms. The Morgan fingerprint density at radius 2 is 1.91 bits per heavy atom. The third-order valence-corrected chi connectivity index (χ3v) is 4.11. The molecular weight excluding hydrogens is 361 g/mol. The van der Waals surface area contributed by atoms with Gasteiger partial charge in [-0.1, -0.05) is 36.4 Å². The molecule has 116 valence electrons. The van der Waals surface area contributed by atoms with Gasteiger partial charge >= 0.3 is 0 Å². The molecule has 0 fully saturated rings. The Morgan fingerprint density at radius 1 is 1.09 bits per heavy atom. The minimum absolute atomic E-state index is 0.159. The van der Waals surface area contributed by atoms with Crippen molar-refractivity contribution in [2.75, 3.05) is 11.9 Å². The zero-order chi connectivity index (χ0) is 16.2. The van der Waals surface area contributed by atoms with Gasteiger partial charge in [-0.05, 0) is 51.0 Å². The first kappa shape index (κ1) is 15.5. The first-order valence-electron chi connectivity index (χ1n) is 6.99. The van der Waals surface area contributed by atoms with Crippen molar-refractivity contribution >= 4 is 38.3 Å². The van der Waals surface area contributed by atoms with Crippen LogP contribution >= 0.6 is 15.9 Å². The monoisotopic (exact) mass is 373 g/mol. The first-order valence-corrected chi connectivity index (χ1v) is 7.78. The molecule has 0 aliphatic heterocycles. The lowest BCUT2D eigenvalue weighted by atomic mass is 10.1. The number of ether oxygens (including phenoxy) is 1. The van der Waals surface area contributed by atoms with Crippen LogP contribution in [0, 0.1) is 5.82 Å². The van der Waals surface area contributed by atoms with Crippen LogP contribution in [-0.2, 0) is 4.79 Å². The number of fused-ring (bicyclic) bond motifs is 1. The molecule has 0 radical (unpaired) electrons. The van der Waals surface area contributed by atoms with Crippen LogP contribution < -0.4 is 10.1 Å². The van der Waals surface area contributed by atoms with E-state index in [0.717, 1.165) is 15.2 Å². The summed E-state index contributed by atoms with van der Waals surface area (Å²) in [6, 6.07) is 17.3. The fraction of sp³-hybridized carbons (Fsp3) is 0.0556. The maximum absolute atomic E-state index is 13.1. The number of carbonyl (C=O) groups is 1. The Kier molecular flexibility index (Phi) is 4.57. The molecule has 5 heteroatoms. The predicted octanol–water partition coefficient (Wildman–Crippen LogP) is 4.76. The molecule has 1 amide bonds. The summed E-state index contributed by atoms with van der Waals surface area (Å²) in [4.78, 5) is 11.9. The van der Waals surface area contributed by atoms with Gasteiger partial charge in [0.2, 0.25) is 0 Å². The molecular formula is C18H13BrFNO2. The third-order valence-electron chi connectivity index (χ3n) is 3.29. The molecule has 0 aliphatic rings. The van der Waals surface area contributed by atoms with Crippen molar-refractivity contribution in [2.24, 2.45) is 0 Å². The number of anilines is 1. The fourth-order valence-electron chi connectivity index (χ4n) is 2.23. The van der Waals surface area contributed by atoms with Crippen LogP contribution in [0.15, 0.2) is 65.1 Å². The molecule has 0 saturated carbocycles. The summed E-state index contributed by atoms with van der Waals surface area (Å²) in [5.41, 5.74) is 0.399. The molecule has 0 saturated heterocycles. The van der Waals surface area contributed by atoms with E-state index in [1.165, 1.54) is 18.2 Å². The SMILES string of the molecule is O=C(COc1ccc2ccccc2c1Br)Nc1cccc(F)c1. The van der Waals surface area contributed by atoms with Gasteiger partial charge in [-0.25, -0.2) is 4.39 Å². The van der Waals surface area contributed by atoms with Crippen LogP contribution in [0.4, 0.5) is 10.1 Å². The molecule has 0 unspecified atom stereocenters. The number of hydrogen-bond donors (Lipinski definition) is 1. The molecule has 0 spiro atoms. The van der Waals surface area contributed by atoms with Crippen LogP contribution in [-0.4, -0.2) is 12.5 Å². The average molecular weight is 374 g/mol. The van der Waals surface area contributed by atoms with Gasteiger partial charge in [0.15, 0.2) is 6.61 Å². The lowest BCUT2D eigenvalue weighted by Gasteiger charge is -2.10. The highest BCUT2D eigenvalue weighted by Gasteiger charge is 2.09. The maximum atomic E-state index is 13.1. The predicted molar refractivity (Wildman–Crippen MR) is 92.2 cm³/mol. The quantitative estimate of drug-likeness (QED) is 0.715. The zero-order valence-corrected chi connectivity index (χ0v) is 13.6. The van der Waals surface area contributed by atoms with E-state index in [1.807, 2.05) is 36.4 Å². The normalized spacial score (nSPS) is 10.5. The van der Waals surface area contributed by atoms with E-state index in [-0.39, 0.29) is 12.5 Å². The average Bonchev–Trinajstić information content (AvgIpc) is 2.54. The lowest BCUT2D eigenvalue weighted by Crippen LogP contribution is -2.20. The minimum atomic E-state index is -0.402. The smallest absolute Gasteiger partial charge is 0.262 e. The summed E-state index contributed by atoms with van der Waals surface area (Å²) in [6.45, 7) is -0.159. The van der Waals surface area contributed by atoms with Crippen molar-refractivity contribution in [3.05, 3.63) is 71.0 Å². The molecule has 0 aromatic heterocycles. The minimum Gasteiger partial charge on any atom is -0.483 e. The summed E-state index contributed by atoms with van der Waals surface area (Å²) in [7, 11) is 0. The van der Waals surface area contributed by atoms with Crippen LogP contribution in [0.25, 0.3) is 10.8 Å². The Labute approximate surface area is 141 Å². The number of hydrogen-bond acceptors (Lipinski definition) is 2. The van der Waals surface area contributed by atoms with Gasteiger partial charge in [-0.2, -0.15) is 0 Å².